The summed E-state index contributed by atoms with van der Waals surface area (Å²) in [6, 6.07) is 12.7. The molecule has 6 nitrogen and oxygen atoms in total. The highest BCUT2D eigenvalue weighted by Crippen LogP contribution is 2.26. The van der Waals surface area contributed by atoms with Gasteiger partial charge in [0.25, 0.3) is 0 Å². The average Bonchev–Trinajstić information content (AvgIpc) is 2.97. The van der Waals surface area contributed by atoms with Gasteiger partial charge in [0.15, 0.2) is 9.84 Å². The van der Waals surface area contributed by atoms with Gasteiger partial charge < -0.3 is 9.73 Å². The zero-order valence-corrected chi connectivity index (χ0v) is 17.9. The third kappa shape index (κ3) is 5.25. The molecule has 0 aliphatic heterocycles. The van der Waals surface area contributed by atoms with Crippen LogP contribution in [0.1, 0.15) is 22.6 Å². The van der Waals surface area contributed by atoms with E-state index in [2.05, 4.69) is 10.3 Å². The molecule has 0 unspecified atom stereocenters. The molecule has 0 bridgehead atoms. The smallest absolute Gasteiger partial charge is 0.239 e. The van der Waals surface area contributed by atoms with Gasteiger partial charge in [-0.3, -0.25) is 4.79 Å². The normalized spacial score (nSPS) is 11.4. The fourth-order valence-electron chi connectivity index (χ4n) is 2.86. The van der Waals surface area contributed by atoms with Crippen molar-refractivity contribution in [3.05, 3.63) is 70.1 Å². The molecule has 1 N–H and O–H groups in total. The molecule has 3 rings (SSSR count). The van der Waals surface area contributed by atoms with Crippen LogP contribution in [0.2, 0.25) is 5.02 Å². The molecule has 1 heterocycles. The van der Waals surface area contributed by atoms with Gasteiger partial charge in [-0.15, -0.1) is 0 Å². The van der Waals surface area contributed by atoms with Crippen LogP contribution in [0.3, 0.4) is 0 Å². The number of hydrogen-bond donors (Lipinski definition) is 1. The van der Waals surface area contributed by atoms with Crippen molar-refractivity contribution < 1.29 is 17.6 Å². The van der Waals surface area contributed by atoms with E-state index >= 15 is 0 Å². The van der Waals surface area contributed by atoms with Gasteiger partial charge in [-0.05, 0) is 50.1 Å². The molecular formula is C21H21ClN2O4S. The molecule has 0 aliphatic rings. The summed E-state index contributed by atoms with van der Waals surface area (Å²) in [4.78, 5) is 16.6. The number of amides is 1. The van der Waals surface area contributed by atoms with Crippen LogP contribution in [-0.4, -0.2) is 25.1 Å². The van der Waals surface area contributed by atoms with E-state index in [9.17, 15) is 13.2 Å². The van der Waals surface area contributed by atoms with E-state index in [0.29, 0.717) is 28.1 Å². The molecule has 29 heavy (non-hydrogen) atoms. The first-order valence-electron chi connectivity index (χ1n) is 8.93. The standard InChI is InChI=1S/C21H21ClN2O4S/c1-13-8-9-18(17(22)10-13)23-20(25)12-29(26,27)11-19-15(3)28-21(24-19)16-7-5-4-6-14(16)2/h4-10H,11-12H2,1-3H3,(H,23,25). The predicted molar refractivity (Wildman–Crippen MR) is 114 cm³/mol. The summed E-state index contributed by atoms with van der Waals surface area (Å²) in [6.07, 6.45) is 0. The van der Waals surface area contributed by atoms with Gasteiger partial charge in [-0.2, -0.15) is 0 Å². The van der Waals surface area contributed by atoms with E-state index in [-0.39, 0.29) is 5.75 Å². The van der Waals surface area contributed by atoms with Crippen LogP contribution in [0, 0.1) is 20.8 Å². The Morgan fingerprint density at radius 2 is 1.86 bits per heavy atom. The van der Waals surface area contributed by atoms with Crippen molar-refractivity contribution >= 4 is 33.0 Å². The number of nitrogens with one attached hydrogen (secondary N) is 1. The van der Waals surface area contributed by atoms with E-state index in [1.165, 1.54) is 0 Å². The number of rotatable bonds is 6. The number of benzene rings is 2. The molecule has 1 aromatic heterocycles. The maximum Gasteiger partial charge on any atom is 0.239 e. The minimum atomic E-state index is -3.75. The first-order valence-corrected chi connectivity index (χ1v) is 11.1. The van der Waals surface area contributed by atoms with Gasteiger partial charge in [-0.1, -0.05) is 35.9 Å². The quantitative estimate of drug-likeness (QED) is 0.620. The number of anilines is 1. The van der Waals surface area contributed by atoms with Crippen molar-refractivity contribution in [2.45, 2.75) is 26.5 Å². The fourth-order valence-corrected chi connectivity index (χ4v) is 4.40. The van der Waals surface area contributed by atoms with E-state index in [1.54, 1.807) is 25.1 Å². The molecule has 1 amide bonds. The van der Waals surface area contributed by atoms with Gasteiger partial charge >= 0.3 is 0 Å². The predicted octanol–water partition coefficient (Wildman–Crippen LogP) is 4.47. The minimum Gasteiger partial charge on any atom is -0.441 e. The Kier molecular flexibility index (Phi) is 6.10. The third-order valence-electron chi connectivity index (χ3n) is 4.37. The van der Waals surface area contributed by atoms with E-state index < -0.39 is 21.5 Å². The summed E-state index contributed by atoms with van der Waals surface area (Å²) < 4.78 is 30.7. The second-order valence-corrected chi connectivity index (χ2v) is 9.37. The first kappa shape index (κ1) is 21.1. The Bertz CT molecular complexity index is 1170. The molecule has 0 saturated heterocycles. The number of aromatic nitrogens is 1. The van der Waals surface area contributed by atoms with Crippen LogP contribution in [0.25, 0.3) is 11.5 Å². The van der Waals surface area contributed by atoms with Gasteiger partial charge in [0.2, 0.25) is 11.8 Å². The average molecular weight is 433 g/mol. The lowest BCUT2D eigenvalue weighted by Gasteiger charge is -2.08. The van der Waals surface area contributed by atoms with Crippen molar-refractivity contribution in [3.8, 4) is 11.5 Å². The molecule has 3 aromatic rings. The number of aryl methyl sites for hydroxylation is 3. The monoisotopic (exact) mass is 432 g/mol. The summed E-state index contributed by atoms with van der Waals surface area (Å²) >= 11 is 6.08. The summed E-state index contributed by atoms with van der Waals surface area (Å²) in [5.41, 5.74) is 3.37. The number of halogens is 1. The minimum absolute atomic E-state index is 0.296. The van der Waals surface area contributed by atoms with E-state index in [4.69, 9.17) is 16.0 Å². The summed E-state index contributed by atoms with van der Waals surface area (Å²) in [7, 11) is -3.75. The number of hydrogen-bond acceptors (Lipinski definition) is 5. The van der Waals surface area contributed by atoms with Crippen LogP contribution >= 0.6 is 11.6 Å². The van der Waals surface area contributed by atoms with Crippen molar-refractivity contribution in [1.82, 2.24) is 4.98 Å². The highest BCUT2D eigenvalue weighted by Gasteiger charge is 2.23. The van der Waals surface area contributed by atoms with Crippen LogP contribution in [0.15, 0.2) is 46.9 Å². The molecule has 0 fully saturated rings. The summed E-state index contributed by atoms with van der Waals surface area (Å²) in [5, 5.41) is 2.89. The molecule has 0 spiro atoms. The topological polar surface area (TPSA) is 89.3 Å². The van der Waals surface area contributed by atoms with E-state index in [1.807, 2.05) is 38.1 Å². The lowest BCUT2D eigenvalue weighted by atomic mass is 10.1. The molecule has 0 saturated carbocycles. The van der Waals surface area contributed by atoms with Crippen LogP contribution in [0.5, 0.6) is 0 Å². The van der Waals surface area contributed by atoms with Gasteiger partial charge in [0.05, 0.1) is 22.2 Å². The van der Waals surface area contributed by atoms with Crippen molar-refractivity contribution in [1.29, 1.82) is 0 Å². The lowest BCUT2D eigenvalue weighted by Crippen LogP contribution is -2.24. The van der Waals surface area contributed by atoms with Gasteiger partial charge in [0, 0.05) is 5.56 Å². The number of sulfone groups is 1. The van der Waals surface area contributed by atoms with Crippen LogP contribution in [0.4, 0.5) is 5.69 Å². The highest BCUT2D eigenvalue weighted by molar-refractivity contribution is 7.91. The molecular weight excluding hydrogens is 412 g/mol. The van der Waals surface area contributed by atoms with Crippen LogP contribution < -0.4 is 5.32 Å². The Morgan fingerprint density at radius 1 is 1.14 bits per heavy atom. The SMILES string of the molecule is Cc1ccc(NC(=O)CS(=O)(=O)Cc2nc(-c3ccccc3C)oc2C)c(Cl)c1. The number of oxazole rings is 1. The first-order chi connectivity index (χ1) is 13.6. The second-order valence-electron chi connectivity index (χ2n) is 6.90. The lowest BCUT2D eigenvalue weighted by molar-refractivity contribution is -0.113. The van der Waals surface area contributed by atoms with Gasteiger partial charge in [0.1, 0.15) is 11.5 Å². The Labute approximate surface area is 174 Å². The molecule has 0 aliphatic carbocycles. The largest absolute Gasteiger partial charge is 0.441 e. The molecule has 8 heteroatoms. The summed E-state index contributed by atoms with van der Waals surface area (Å²) in [6.45, 7) is 5.45. The van der Waals surface area contributed by atoms with E-state index in [0.717, 1.165) is 16.7 Å². The van der Waals surface area contributed by atoms with Crippen molar-refractivity contribution in [3.63, 3.8) is 0 Å². The zero-order chi connectivity index (χ0) is 21.2. The Hall–Kier alpha value is -2.64. The number of nitrogens with zero attached hydrogens (tertiary/aromatic N) is 1. The van der Waals surface area contributed by atoms with Crippen molar-refractivity contribution in [2.75, 3.05) is 11.1 Å². The number of carbonyl (C=O) groups is 1. The number of carbonyl (C=O) groups excluding carboxylic acids is 1. The third-order valence-corrected chi connectivity index (χ3v) is 6.10. The highest BCUT2D eigenvalue weighted by atomic mass is 35.5. The summed E-state index contributed by atoms with van der Waals surface area (Å²) in [5.74, 6) is -0.946. The second kappa shape index (κ2) is 8.39. The molecule has 0 atom stereocenters. The zero-order valence-electron chi connectivity index (χ0n) is 16.3. The van der Waals surface area contributed by atoms with Gasteiger partial charge in [-0.25, -0.2) is 13.4 Å². The molecule has 0 radical (unpaired) electrons. The Morgan fingerprint density at radius 3 is 2.55 bits per heavy atom. The maximum atomic E-state index is 12.5. The Balaban J connectivity index is 1.72. The molecule has 152 valence electrons. The van der Waals surface area contributed by atoms with Crippen molar-refractivity contribution in [2.24, 2.45) is 0 Å². The molecule has 2 aromatic carbocycles. The van der Waals surface area contributed by atoms with Crippen LogP contribution in [-0.2, 0) is 20.4 Å². The fraction of sp³-hybridized carbons (Fsp3) is 0.238. The maximum absolute atomic E-state index is 12.5.